The summed E-state index contributed by atoms with van der Waals surface area (Å²) in [5.74, 6) is -2.40. The summed E-state index contributed by atoms with van der Waals surface area (Å²) in [6.45, 7) is 0.358. The minimum Gasteiger partial charge on any atom is -0.393 e. The molecule has 0 bridgehead atoms. The summed E-state index contributed by atoms with van der Waals surface area (Å²) in [5, 5.41) is 12.2. The van der Waals surface area contributed by atoms with Crippen LogP contribution in [0.3, 0.4) is 0 Å². The lowest BCUT2D eigenvalue weighted by atomic mass is 9.77. The number of aliphatic hydroxyl groups is 1. The minimum atomic E-state index is -1.08. The Kier molecular flexibility index (Phi) is 4.79. The quantitative estimate of drug-likeness (QED) is 0.514. The van der Waals surface area contributed by atoms with Gasteiger partial charge in [-0.3, -0.25) is 9.59 Å². The van der Waals surface area contributed by atoms with E-state index in [0.29, 0.717) is 41.5 Å². The third-order valence-electron chi connectivity index (χ3n) is 5.23. The van der Waals surface area contributed by atoms with E-state index >= 15 is 0 Å². The molecule has 1 aromatic carbocycles. The second-order valence-corrected chi connectivity index (χ2v) is 8.25. The van der Waals surface area contributed by atoms with Gasteiger partial charge in [0.15, 0.2) is 5.78 Å². The second-order valence-electron chi connectivity index (χ2n) is 7.01. The molecule has 0 unspecified atom stereocenters. The highest BCUT2D eigenvalue weighted by Gasteiger charge is 2.38. The monoisotopic (exact) mass is 486 g/mol. The van der Waals surface area contributed by atoms with Crippen LogP contribution in [0.15, 0.2) is 23.0 Å². The van der Waals surface area contributed by atoms with Crippen LogP contribution in [-0.2, 0) is 13.0 Å². The van der Waals surface area contributed by atoms with Gasteiger partial charge < -0.3 is 15.0 Å². The van der Waals surface area contributed by atoms with Crippen LogP contribution in [0.5, 0.6) is 0 Å². The molecule has 0 atom stereocenters. The number of Topliss-reactive ketones (excluding diaryl/α,β-unsaturated/α-hetero) is 1. The minimum absolute atomic E-state index is 0.000595. The lowest BCUT2D eigenvalue weighted by molar-refractivity contribution is 0.0367. The Bertz CT molecular complexity index is 999. The van der Waals surface area contributed by atoms with Gasteiger partial charge in [0.25, 0.3) is 5.56 Å². The van der Waals surface area contributed by atoms with Crippen molar-refractivity contribution in [2.75, 3.05) is 5.32 Å². The predicted molar refractivity (Wildman–Crippen MR) is 104 cm³/mol. The van der Waals surface area contributed by atoms with Crippen LogP contribution < -0.4 is 10.9 Å². The van der Waals surface area contributed by atoms with Crippen LogP contribution in [-0.4, -0.2) is 21.6 Å². The molecule has 1 fully saturated rings. The van der Waals surface area contributed by atoms with Crippen LogP contribution >= 0.6 is 22.6 Å². The largest absolute Gasteiger partial charge is 0.393 e. The topological polar surface area (TPSA) is 71.3 Å². The lowest BCUT2D eigenvalue weighted by Gasteiger charge is -2.31. The van der Waals surface area contributed by atoms with Gasteiger partial charge in [-0.05, 0) is 66.5 Å². The summed E-state index contributed by atoms with van der Waals surface area (Å²) in [6, 6.07) is 4.38. The average molecular weight is 486 g/mol. The molecule has 27 heavy (non-hydrogen) atoms. The van der Waals surface area contributed by atoms with Crippen molar-refractivity contribution in [1.82, 2.24) is 4.57 Å². The number of rotatable bonds is 4. The molecular formula is C19H17F2IN2O3. The molecule has 0 amide bonds. The fourth-order valence-corrected chi connectivity index (χ4v) is 4.21. The first-order valence-electron chi connectivity index (χ1n) is 8.76. The zero-order chi connectivity index (χ0) is 19.3. The van der Waals surface area contributed by atoms with Crippen molar-refractivity contribution in [3.05, 3.63) is 55.0 Å². The molecule has 2 aliphatic rings. The highest BCUT2D eigenvalue weighted by atomic mass is 127. The summed E-state index contributed by atoms with van der Waals surface area (Å²) in [6.07, 6.45) is 1.22. The van der Waals surface area contributed by atoms with Crippen LogP contribution in [0.1, 0.15) is 35.3 Å². The van der Waals surface area contributed by atoms with Crippen molar-refractivity contribution >= 4 is 39.7 Å². The van der Waals surface area contributed by atoms with E-state index in [-0.39, 0.29) is 22.7 Å². The summed E-state index contributed by atoms with van der Waals surface area (Å²) in [7, 11) is 0. The number of hydrogen-bond donors (Lipinski definition) is 2. The molecule has 1 aliphatic carbocycles. The van der Waals surface area contributed by atoms with Crippen LogP contribution in [0.4, 0.5) is 20.2 Å². The summed E-state index contributed by atoms with van der Waals surface area (Å²) in [5.41, 5.74) is -0.472. The van der Waals surface area contributed by atoms with Crippen LogP contribution in [0.25, 0.3) is 0 Å². The summed E-state index contributed by atoms with van der Waals surface area (Å²) in [4.78, 5) is 25.4. The van der Waals surface area contributed by atoms with Gasteiger partial charge in [0.2, 0.25) is 5.82 Å². The standard InChI is InChI=1S/C19H17F2IN2O3/c20-12-8-10(22)3-4-13(12)23-17-15(18(26)9-6-11(25)7-9)14-2-1-5-24(14)19(27)16(17)21/h3-4,8-9,11,23,25H,1-2,5-7H2. The number of anilines is 2. The fourth-order valence-electron chi connectivity index (χ4n) is 3.75. The van der Waals surface area contributed by atoms with Crippen LogP contribution in [0.2, 0.25) is 0 Å². The van der Waals surface area contributed by atoms with E-state index < -0.39 is 29.2 Å². The van der Waals surface area contributed by atoms with E-state index in [4.69, 9.17) is 0 Å². The Morgan fingerprint density at radius 3 is 2.70 bits per heavy atom. The maximum absolute atomic E-state index is 14.9. The molecule has 2 N–H and O–H groups in total. The van der Waals surface area contributed by atoms with E-state index in [1.807, 2.05) is 22.6 Å². The van der Waals surface area contributed by atoms with Gasteiger partial charge in [-0.2, -0.15) is 4.39 Å². The number of fused-ring (bicyclic) bond motifs is 1. The first kappa shape index (κ1) is 18.5. The number of ketones is 1. The van der Waals surface area contributed by atoms with E-state index in [1.165, 1.54) is 16.7 Å². The van der Waals surface area contributed by atoms with E-state index in [0.717, 1.165) is 0 Å². The van der Waals surface area contributed by atoms with Gasteiger partial charge in [0, 0.05) is 21.7 Å². The number of pyridine rings is 1. The first-order chi connectivity index (χ1) is 12.9. The molecule has 1 saturated carbocycles. The zero-order valence-electron chi connectivity index (χ0n) is 14.3. The first-order valence-corrected chi connectivity index (χ1v) is 9.84. The number of aromatic nitrogens is 1. The van der Waals surface area contributed by atoms with Gasteiger partial charge in [0.05, 0.1) is 23.0 Å². The van der Waals surface area contributed by atoms with Gasteiger partial charge >= 0.3 is 0 Å². The summed E-state index contributed by atoms with van der Waals surface area (Å²) >= 11 is 1.96. The fraction of sp³-hybridized carbons (Fsp3) is 0.368. The van der Waals surface area contributed by atoms with E-state index in [2.05, 4.69) is 5.32 Å². The molecule has 8 heteroatoms. The van der Waals surface area contributed by atoms with Gasteiger partial charge in [0.1, 0.15) is 5.82 Å². The Labute approximate surface area is 167 Å². The molecule has 2 heterocycles. The van der Waals surface area contributed by atoms with Gasteiger partial charge in [-0.1, -0.05) is 0 Å². The molecule has 0 saturated heterocycles. The number of nitrogens with one attached hydrogen (secondary N) is 1. The SMILES string of the molecule is O=C(c1c(Nc2ccc(I)cc2F)c(F)c(=O)n2c1CCC2)C1CC(O)C1. The molecule has 4 rings (SSSR count). The van der Waals surface area contributed by atoms with E-state index in [1.54, 1.807) is 6.07 Å². The molecule has 1 aliphatic heterocycles. The Balaban J connectivity index is 1.85. The molecule has 142 valence electrons. The number of hydrogen-bond acceptors (Lipinski definition) is 4. The highest BCUT2D eigenvalue weighted by Crippen LogP contribution is 2.37. The maximum Gasteiger partial charge on any atom is 0.289 e. The smallest absolute Gasteiger partial charge is 0.289 e. The van der Waals surface area contributed by atoms with Crippen LogP contribution in [0, 0.1) is 21.1 Å². The predicted octanol–water partition coefficient (Wildman–Crippen LogP) is 3.37. The number of nitrogens with zero attached hydrogens (tertiary/aromatic N) is 1. The maximum atomic E-state index is 14.9. The van der Waals surface area contributed by atoms with Gasteiger partial charge in [-0.25, -0.2) is 4.39 Å². The van der Waals surface area contributed by atoms with Crippen molar-refractivity contribution in [1.29, 1.82) is 0 Å². The normalized spacial score (nSPS) is 20.9. The van der Waals surface area contributed by atoms with Crippen molar-refractivity contribution in [2.24, 2.45) is 5.92 Å². The number of carbonyl (C=O) groups excluding carboxylic acids is 1. The Morgan fingerprint density at radius 1 is 1.30 bits per heavy atom. The Hall–Kier alpha value is -1.81. The molecule has 5 nitrogen and oxygen atoms in total. The molecule has 0 spiro atoms. The van der Waals surface area contributed by atoms with E-state index in [9.17, 15) is 23.5 Å². The van der Waals surface area contributed by atoms with Crippen molar-refractivity contribution in [3.63, 3.8) is 0 Å². The summed E-state index contributed by atoms with van der Waals surface area (Å²) < 4.78 is 31.2. The number of benzene rings is 1. The average Bonchev–Trinajstić information content (AvgIpc) is 3.08. The number of carbonyl (C=O) groups is 1. The number of halogens is 3. The molecule has 1 aromatic heterocycles. The highest BCUT2D eigenvalue weighted by molar-refractivity contribution is 14.1. The Morgan fingerprint density at radius 2 is 2.04 bits per heavy atom. The van der Waals surface area contributed by atoms with Crippen molar-refractivity contribution in [2.45, 2.75) is 38.3 Å². The zero-order valence-corrected chi connectivity index (χ0v) is 16.4. The number of aliphatic hydroxyl groups excluding tert-OH is 1. The lowest BCUT2D eigenvalue weighted by Crippen LogP contribution is -2.36. The van der Waals surface area contributed by atoms with Crippen molar-refractivity contribution in [3.8, 4) is 0 Å². The molecule has 0 radical (unpaired) electrons. The second kappa shape index (κ2) is 6.97. The third kappa shape index (κ3) is 3.18. The third-order valence-corrected chi connectivity index (χ3v) is 5.90. The molecule has 2 aromatic rings. The van der Waals surface area contributed by atoms with Crippen molar-refractivity contribution < 1.29 is 18.7 Å². The van der Waals surface area contributed by atoms with Gasteiger partial charge in [-0.15, -0.1) is 0 Å². The molecular weight excluding hydrogens is 469 g/mol.